The lowest BCUT2D eigenvalue weighted by Gasteiger charge is -2.26. The van der Waals surface area contributed by atoms with Gasteiger partial charge in [-0.2, -0.15) is 0 Å². The summed E-state index contributed by atoms with van der Waals surface area (Å²) >= 11 is 0. The third-order valence-electron chi connectivity index (χ3n) is 4.18. The topological polar surface area (TPSA) is 84.2 Å². The smallest absolute Gasteiger partial charge is 0.129 e. The normalized spacial score (nSPS) is 25.5. The van der Waals surface area contributed by atoms with Gasteiger partial charge in [-0.05, 0) is 38.6 Å². The van der Waals surface area contributed by atoms with Crippen molar-refractivity contribution >= 4 is 0 Å². The Hall–Kier alpha value is -0.530. The van der Waals surface area contributed by atoms with E-state index in [0.717, 1.165) is 32.4 Å². The number of halogens is 1. The Kier molecular flexibility index (Phi) is 8.36. The fourth-order valence-electron chi connectivity index (χ4n) is 2.90. The number of likely N-dealkylation sites (tertiary alicyclic amines) is 1. The monoisotopic (exact) mass is 304 g/mol. The number of hydrogen-bond donors (Lipinski definition) is 4. The van der Waals surface area contributed by atoms with Crippen LogP contribution in [0.15, 0.2) is 12.7 Å². The summed E-state index contributed by atoms with van der Waals surface area (Å²) in [5.74, 6) is 0. The van der Waals surface area contributed by atoms with Gasteiger partial charge in [0.1, 0.15) is 24.5 Å². The summed E-state index contributed by atoms with van der Waals surface area (Å²) in [5, 5.41) is 36.9. The third-order valence-corrected chi connectivity index (χ3v) is 4.18. The quantitative estimate of drug-likeness (QED) is 0.434. The van der Waals surface area contributed by atoms with Crippen LogP contribution in [0.3, 0.4) is 0 Å². The third kappa shape index (κ3) is 5.64. The van der Waals surface area contributed by atoms with Gasteiger partial charge in [-0.15, -0.1) is 6.58 Å². The first-order valence-corrected chi connectivity index (χ1v) is 7.65. The highest BCUT2D eigenvalue weighted by Gasteiger charge is 2.31. The average Bonchev–Trinajstić information content (AvgIpc) is 2.92. The van der Waals surface area contributed by atoms with Crippen LogP contribution < -0.4 is 0 Å². The van der Waals surface area contributed by atoms with Gasteiger partial charge in [0.2, 0.25) is 0 Å². The maximum atomic E-state index is 13.8. The molecule has 0 aromatic heterocycles. The van der Waals surface area contributed by atoms with Crippen LogP contribution in [0.1, 0.15) is 32.1 Å². The molecule has 6 heteroatoms. The lowest BCUT2D eigenvalue weighted by atomic mass is 9.98. The summed E-state index contributed by atoms with van der Waals surface area (Å²) in [4.78, 5) is 2.32. The zero-order valence-electron chi connectivity index (χ0n) is 12.4. The van der Waals surface area contributed by atoms with Gasteiger partial charge in [0.15, 0.2) is 0 Å². The van der Waals surface area contributed by atoms with Crippen LogP contribution in [0.4, 0.5) is 4.39 Å². The van der Waals surface area contributed by atoms with E-state index < -0.39 is 31.1 Å². The standard InChI is InChI=1S/C15H28FNO4/c1-2-8-17-9-4-6-11(17)5-3-7-12(16)14(20)15(21)13(19)10-18/h2,11-15,18-21H,1,3-10H2/i16-1. The van der Waals surface area contributed by atoms with E-state index in [1.165, 1.54) is 0 Å². The van der Waals surface area contributed by atoms with Crippen molar-refractivity contribution in [2.45, 2.75) is 62.6 Å². The van der Waals surface area contributed by atoms with Crippen LogP contribution in [0, 0.1) is 0 Å². The van der Waals surface area contributed by atoms with Gasteiger partial charge in [-0.25, -0.2) is 4.39 Å². The van der Waals surface area contributed by atoms with Crippen molar-refractivity contribution in [2.75, 3.05) is 19.7 Å². The second-order valence-electron chi connectivity index (χ2n) is 5.76. The molecule has 1 rings (SSSR count). The van der Waals surface area contributed by atoms with Gasteiger partial charge in [-0.3, -0.25) is 4.90 Å². The van der Waals surface area contributed by atoms with Crippen molar-refractivity contribution in [1.82, 2.24) is 4.90 Å². The van der Waals surface area contributed by atoms with Gasteiger partial charge >= 0.3 is 0 Å². The Morgan fingerprint density at radius 3 is 2.62 bits per heavy atom. The van der Waals surface area contributed by atoms with Crippen LogP contribution in [-0.2, 0) is 0 Å². The highest BCUT2D eigenvalue weighted by molar-refractivity contribution is 4.85. The summed E-state index contributed by atoms with van der Waals surface area (Å²) in [6.45, 7) is 4.91. The molecule has 1 heterocycles. The molecule has 5 atom stereocenters. The number of rotatable bonds is 10. The lowest BCUT2D eigenvalue weighted by Crippen LogP contribution is -2.44. The van der Waals surface area contributed by atoms with Crippen molar-refractivity contribution in [1.29, 1.82) is 0 Å². The Bertz CT molecular complexity index is 305. The zero-order chi connectivity index (χ0) is 15.8. The molecule has 0 aromatic rings. The molecular weight excluding hydrogens is 276 g/mol. The average molecular weight is 304 g/mol. The first-order chi connectivity index (χ1) is 10.0. The molecular formula is C15H28FNO4. The molecule has 1 fully saturated rings. The summed E-state index contributed by atoms with van der Waals surface area (Å²) in [7, 11) is 0. The van der Waals surface area contributed by atoms with E-state index in [1.54, 1.807) is 0 Å². The van der Waals surface area contributed by atoms with E-state index in [4.69, 9.17) is 5.11 Å². The molecule has 0 saturated carbocycles. The highest BCUT2D eigenvalue weighted by Crippen LogP contribution is 2.23. The molecule has 1 aliphatic rings. The minimum atomic E-state index is -1.67. The van der Waals surface area contributed by atoms with E-state index in [0.29, 0.717) is 12.5 Å². The molecule has 1 saturated heterocycles. The van der Waals surface area contributed by atoms with Crippen molar-refractivity contribution in [2.24, 2.45) is 0 Å². The predicted octanol–water partition coefficient (Wildman–Crippen LogP) is 0.220. The molecule has 21 heavy (non-hydrogen) atoms. The van der Waals surface area contributed by atoms with E-state index in [1.807, 2.05) is 6.08 Å². The van der Waals surface area contributed by atoms with Crippen LogP contribution in [0.25, 0.3) is 0 Å². The first kappa shape index (κ1) is 18.5. The zero-order valence-corrected chi connectivity index (χ0v) is 12.4. The number of alkyl halides is 1. The minimum absolute atomic E-state index is 0.134. The molecule has 0 aliphatic carbocycles. The van der Waals surface area contributed by atoms with Crippen LogP contribution in [0.5, 0.6) is 0 Å². The number of hydrogen-bond acceptors (Lipinski definition) is 5. The van der Waals surface area contributed by atoms with Gasteiger partial charge in [0, 0.05) is 12.6 Å². The molecule has 5 nitrogen and oxygen atoms in total. The van der Waals surface area contributed by atoms with Crippen molar-refractivity contribution in [3.05, 3.63) is 12.7 Å². The predicted molar refractivity (Wildman–Crippen MR) is 78.6 cm³/mol. The van der Waals surface area contributed by atoms with E-state index in [9.17, 15) is 19.7 Å². The van der Waals surface area contributed by atoms with Gasteiger partial charge in [0.05, 0.1) is 6.61 Å². The molecule has 124 valence electrons. The Morgan fingerprint density at radius 1 is 1.29 bits per heavy atom. The molecule has 0 aromatic carbocycles. The van der Waals surface area contributed by atoms with Gasteiger partial charge in [0.25, 0.3) is 0 Å². The maximum Gasteiger partial charge on any atom is 0.129 e. The summed E-state index contributed by atoms with van der Waals surface area (Å²) < 4.78 is 13.8. The highest BCUT2D eigenvalue weighted by atomic mass is 18.2. The number of nitrogens with zero attached hydrogens (tertiary/aromatic N) is 1. The number of aliphatic hydroxyl groups excluding tert-OH is 4. The van der Waals surface area contributed by atoms with Crippen molar-refractivity contribution in [3.63, 3.8) is 0 Å². The Labute approximate surface area is 125 Å². The minimum Gasteiger partial charge on any atom is -0.394 e. The fourth-order valence-corrected chi connectivity index (χ4v) is 2.90. The van der Waals surface area contributed by atoms with Crippen molar-refractivity contribution < 1.29 is 24.8 Å². The van der Waals surface area contributed by atoms with Gasteiger partial charge < -0.3 is 20.4 Å². The largest absolute Gasteiger partial charge is 0.394 e. The molecule has 0 bridgehead atoms. The van der Waals surface area contributed by atoms with Crippen LogP contribution in [0.2, 0.25) is 0 Å². The Balaban J connectivity index is 2.29. The summed E-state index contributed by atoms with van der Waals surface area (Å²) in [6, 6.07) is 0.431. The van der Waals surface area contributed by atoms with Crippen LogP contribution >= 0.6 is 0 Å². The summed E-state index contributed by atoms with van der Waals surface area (Å²) in [5.41, 5.74) is 0. The maximum absolute atomic E-state index is 13.8. The first-order valence-electron chi connectivity index (χ1n) is 7.65. The lowest BCUT2D eigenvalue weighted by molar-refractivity contribution is -0.100. The molecule has 0 radical (unpaired) electrons. The van der Waals surface area contributed by atoms with Crippen LogP contribution in [-0.4, -0.2) is 75.5 Å². The van der Waals surface area contributed by atoms with E-state index >= 15 is 0 Å². The second kappa shape index (κ2) is 9.48. The van der Waals surface area contributed by atoms with E-state index in [-0.39, 0.29) is 6.42 Å². The molecule has 1 aliphatic heterocycles. The molecule has 0 amide bonds. The SMILES string of the molecule is C=CCN1CCCC1CCCC([18F])C(O)C(O)C(O)CO. The van der Waals surface area contributed by atoms with E-state index in [2.05, 4.69) is 11.5 Å². The molecule has 0 spiro atoms. The number of aliphatic hydroxyl groups is 4. The fraction of sp³-hybridized carbons (Fsp3) is 0.867. The van der Waals surface area contributed by atoms with Gasteiger partial charge in [-0.1, -0.05) is 6.08 Å². The molecule has 5 unspecified atom stereocenters. The van der Waals surface area contributed by atoms with Crippen molar-refractivity contribution in [3.8, 4) is 0 Å². The summed E-state index contributed by atoms with van der Waals surface area (Å²) in [6.07, 6.45) is -0.749. The Morgan fingerprint density at radius 2 is 2.00 bits per heavy atom. The molecule has 4 N–H and O–H groups in total. The second-order valence-corrected chi connectivity index (χ2v) is 5.76.